The number of hydrogen-bond donors (Lipinski definition) is 2. The van der Waals surface area contributed by atoms with Crippen LogP contribution >= 0.6 is 0 Å². The highest BCUT2D eigenvalue weighted by atomic mass is 16.1. The van der Waals surface area contributed by atoms with Crippen LogP contribution in [0.3, 0.4) is 0 Å². The van der Waals surface area contributed by atoms with Crippen molar-refractivity contribution in [3.63, 3.8) is 0 Å². The lowest BCUT2D eigenvalue weighted by atomic mass is 10.1. The SMILES string of the molecule is Cc1nc([C@@H](NC(=O)CCc2ccncn2)c2ccccc2)n[nH]1. The van der Waals surface area contributed by atoms with Gasteiger partial charge in [-0.1, -0.05) is 30.3 Å². The fraction of sp³-hybridized carbons (Fsp3) is 0.235. The molecule has 1 amide bonds. The molecule has 2 N–H and O–H groups in total. The van der Waals surface area contributed by atoms with E-state index in [4.69, 9.17) is 0 Å². The Hall–Kier alpha value is -3.09. The summed E-state index contributed by atoms with van der Waals surface area (Å²) in [5, 5.41) is 10.0. The van der Waals surface area contributed by atoms with Crippen LogP contribution in [0, 0.1) is 6.92 Å². The molecule has 0 radical (unpaired) electrons. The van der Waals surface area contributed by atoms with Crippen molar-refractivity contribution in [2.45, 2.75) is 25.8 Å². The van der Waals surface area contributed by atoms with E-state index in [0.717, 1.165) is 11.3 Å². The Morgan fingerprint density at radius 1 is 1.25 bits per heavy atom. The van der Waals surface area contributed by atoms with Gasteiger partial charge in [0.05, 0.1) is 0 Å². The Morgan fingerprint density at radius 2 is 2.08 bits per heavy atom. The van der Waals surface area contributed by atoms with Gasteiger partial charge in [-0.05, 0) is 25.0 Å². The van der Waals surface area contributed by atoms with Crippen LogP contribution < -0.4 is 5.32 Å². The molecule has 0 saturated carbocycles. The number of H-pyrrole nitrogens is 1. The zero-order valence-electron chi connectivity index (χ0n) is 13.3. The van der Waals surface area contributed by atoms with E-state index in [0.29, 0.717) is 24.5 Å². The highest BCUT2D eigenvalue weighted by Crippen LogP contribution is 2.19. The molecule has 0 bridgehead atoms. The minimum absolute atomic E-state index is 0.0788. The minimum Gasteiger partial charge on any atom is -0.342 e. The number of aromatic amines is 1. The first-order chi connectivity index (χ1) is 11.7. The van der Waals surface area contributed by atoms with Crippen molar-refractivity contribution in [1.29, 1.82) is 0 Å². The fourth-order valence-corrected chi connectivity index (χ4v) is 2.37. The Labute approximate surface area is 139 Å². The van der Waals surface area contributed by atoms with Crippen molar-refractivity contribution in [2.75, 3.05) is 0 Å². The summed E-state index contributed by atoms with van der Waals surface area (Å²) in [5.41, 5.74) is 1.78. The predicted octanol–water partition coefficient (Wildman–Crippen LogP) is 1.74. The second-order valence-electron chi connectivity index (χ2n) is 5.39. The van der Waals surface area contributed by atoms with Crippen LogP contribution in [0.5, 0.6) is 0 Å². The number of hydrogen-bond acceptors (Lipinski definition) is 5. The molecule has 3 rings (SSSR count). The number of aryl methyl sites for hydroxylation is 2. The van der Waals surface area contributed by atoms with E-state index in [1.54, 1.807) is 12.3 Å². The van der Waals surface area contributed by atoms with Gasteiger partial charge < -0.3 is 5.32 Å². The summed E-state index contributed by atoms with van der Waals surface area (Å²) < 4.78 is 0. The van der Waals surface area contributed by atoms with E-state index >= 15 is 0 Å². The molecule has 2 heterocycles. The zero-order chi connectivity index (χ0) is 16.8. The highest BCUT2D eigenvalue weighted by Gasteiger charge is 2.20. The third kappa shape index (κ3) is 4.01. The second-order valence-corrected chi connectivity index (χ2v) is 5.39. The summed E-state index contributed by atoms with van der Waals surface area (Å²) >= 11 is 0. The Bertz CT molecular complexity index is 787. The Balaban J connectivity index is 1.71. The van der Waals surface area contributed by atoms with Gasteiger partial charge in [0.2, 0.25) is 5.91 Å². The summed E-state index contributed by atoms with van der Waals surface area (Å²) in [6, 6.07) is 11.1. The van der Waals surface area contributed by atoms with E-state index in [2.05, 4.69) is 30.5 Å². The van der Waals surface area contributed by atoms with Crippen molar-refractivity contribution in [2.24, 2.45) is 0 Å². The molecular formula is C17H18N6O. The maximum absolute atomic E-state index is 12.4. The van der Waals surface area contributed by atoms with Gasteiger partial charge in [-0.15, -0.1) is 0 Å². The summed E-state index contributed by atoms with van der Waals surface area (Å²) in [6.07, 6.45) is 4.05. The second kappa shape index (κ2) is 7.45. The van der Waals surface area contributed by atoms with Gasteiger partial charge in [-0.25, -0.2) is 15.0 Å². The van der Waals surface area contributed by atoms with Gasteiger partial charge >= 0.3 is 0 Å². The first-order valence-electron chi connectivity index (χ1n) is 7.70. The first-order valence-corrected chi connectivity index (χ1v) is 7.70. The average Bonchev–Trinajstić information content (AvgIpc) is 3.05. The summed E-state index contributed by atoms with van der Waals surface area (Å²) in [6.45, 7) is 1.83. The van der Waals surface area contributed by atoms with Crippen LogP contribution in [-0.2, 0) is 11.2 Å². The number of amides is 1. The smallest absolute Gasteiger partial charge is 0.221 e. The lowest BCUT2D eigenvalue weighted by Gasteiger charge is -2.16. The standard InChI is InChI=1S/C17H18N6O/c1-12-20-17(23-22-12)16(13-5-3-2-4-6-13)21-15(24)8-7-14-9-10-18-11-19-14/h2-6,9-11,16H,7-8H2,1H3,(H,21,24)(H,20,22,23)/t16-/m0/s1. The minimum atomic E-state index is -0.381. The Morgan fingerprint density at radius 3 is 2.75 bits per heavy atom. The Kier molecular flexibility index (Phi) is 4.90. The zero-order valence-corrected chi connectivity index (χ0v) is 13.3. The number of carbonyl (C=O) groups is 1. The lowest BCUT2D eigenvalue weighted by molar-refractivity contribution is -0.121. The molecule has 24 heavy (non-hydrogen) atoms. The van der Waals surface area contributed by atoms with Gasteiger partial charge in [0, 0.05) is 18.3 Å². The van der Waals surface area contributed by atoms with Crippen molar-refractivity contribution >= 4 is 5.91 Å². The summed E-state index contributed by atoms with van der Waals surface area (Å²) in [7, 11) is 0. The number of rotatable bonds is 6. The first kappa shape index (κ1) is 15.8. The molecule has 0 aliphatic heterocycles. The van der Waals surface area contributed by atoms with Gasteiger partial charge in [0.1, 0.15) is 18.2 Å². The van der Waals surface area contributed by atoms with Crippen LogP contribution in [0.2, 0.25) is 0 Å². The van der Waals surface area contributed by atoms with Crippen molar-refractivity contribution in [3.05, 3.63) is 71.8 Å². The molecule has 7 nitrogen and oxygen atoms in total. The van der Waals surface area contributed by atoms with Crippen LogP contribution in [-0.4, -0.2) is 31.1 Å². The molecule has 7 heteroatoms. The normalized spacial score (nSPS) is 11.9. The number of carbonyl (C=O) groups excluding carboxylic acids is 1. The van der Waals surface area contributed by atoms with E-state index < -0.39 is 0 Å². The van der Waals surface area contributed by atoms with Crippen LogP contribution in [0.25, 0.3) is 0 Å². The average molecular weight is 322 g/mol. The van der Waals surface area contributed by atoms with Crippen LogP contribution in [0.4, 0.5) is 0 Å². The number of nitrogens with zero attached hydrogens (tertiary/aromatic N) is 4. The molecule has 0 saturated heterocycles. The molecule has 0 unspecified atom stereocenters. The van der Waals surface area contributed by atoms with Gasteiger partial charge in [0.25, 0.3) is 0 Å². The highest BCUT2D eigenvalue weighted by molar-refractivity contribution is 5.77. The number of benzene rings is 1. The molecule has 0 fully saturated rings. The third-order valence-electron chi connectivity index (χ3n) is 3.56. The van der Waals surface area contributed by atoms with Gasteiger partial charge in [-0.3, -0.25) is 9.89 Å². The maximum atomic E-state index is 12.4. The summed E-state index contributed by atoms with van der Waals surface area (Å²) in [5.74, 6) is 1.18. The topological polar surface area (TPSA) is 96.5 Å². The summed E-state index contributed by atoms with van der Waals surface area (Å²) in [4.78, 5) is 24.7. The largest absolute Gasteiger partial charge is 0.342 e. The monoisotopic (exact) mass is 322 g/mol. The molecule has 3 aromatic rings. The maximum Gasteiger partial charge on any atom is 0.221 e. The molecule has 0 aliphatic carbocycles. The molecule has 0 aliphatic rings. The van der Waals surface area contributed by atoms with E-state index in [1.807, 2.05) is 37.3 Å². The van der Waals surface area contributed by atoms with Crippen LogP contribution in [0.15, 0.2) is 48.9 Å². The molecule has 2 aromatic heterocycles. The lowest BCUT2D eigenvalue weighted by Crippen LogP contribution is -2.30. The predicted molar refractivity (Wildman–Crippen MR) is 87.9 cm³/mol. The van der Waals surface area contributed by atoms with E-state index in [1.165, 1.54) is 6.33 Å². The molecule has 0 spiro atoms. The molecule has 1 aromatic carbocycles. The van der Waals surface area contributed by atoms with Crippen molar-refractivity contribution in [3.8, 4) is 0 Å². The van der Waals surface area contributed by atoms with E-state index in [9.17, 15) is 4.79 Å². The molecule has 1 atom stereocenters. The van der Waals surface area contributed by atoms with Gasteiger partial charge in [0.15, 0.2) is 5.82 Å². The molecular weight excluding hydrogens is 304 g/mol. The van der Waals surface area contributed by atoms with E-state index in [-0.39, 0.29) is 11.9 Å². The van der Waals surface area contributed by atoms with Crippen LogP contribution in [0.1, 0.15) is 35.4 Å². The fourth-order valence-electron chi connectivity index (χ4n) is 2.37. The quantitative estimate of drug-likeness (QED) is 0.720. The number of nitrogens with one attached hydrogen (secondary N) is 2. The third-order valence-corrected chi connectivity index (χ3v) is 3.56. The van der Waals surface area contributed by atoms with Crippen molar-refractivity contribution < 1.29 is 4.79 Å². The van der Waals surface area contributed by atoms with Gasteiger partial charge in [-0.2, -0.15) is 5.10 Å². The number of aromatic nitrogens is 5. The molecule has 122 valence electrons. The van der Waals surface area contributed by atoms with Crippen molar-refractivity contribution in [1.82, 2.24) is 30.5 Å².